The first-order valence-corrected chi connectivity index (χ1v) is 8.97. The van der Waals surface area contributed by atoms with Crippen LogP contribution in [0.25, 0.3) is 17.0 Å². The molecule has 27 heavy (non-hydrogen) atoms. The fraction of sp³-hybridized carbons (Fsp3) is 0.190. The van der Waals surface area contributed by atoms with E-state index in [4.69, 9.17) is 4.74 Å². The van der Waals surface area contributed by atoms with Crippen LogP contribution in [-0.2, 0) is 6.54 Å². The molecule has 1 N–H and O–H groups in total. The van der Waals surface area contributed by atoms with Crippen LogP contribution in [0.5, 0.6) is 5.75 Å². The van der Waals surface area contributed by atoms with E-state index in [0.717, 1.165) is 34.0 Å². The minimum Gasteiger partial charge on any atom is -0.494 e. The molecule has 0 aliphatic rings. The van der Waals surface area contributed by atoms with Gasteiger partial charge in [0.1, 0.15) is 11.4 Å². The van der Waals surface area contributed by atoms with Gasteiger partial charge in [-0.2, -0.15) is 0 Å². The Balaban J connectivity index is 1.55. The maximum Gasteiger partial charge on any atom is 0.223 e. The zero-order valence-electron chi connectivity index (χ0n) is 15.4. The first kappa shape index (κ1) is 17.0. The molecule has 1 aromatic carbocycles. The largest absolute Gasteiger partial charge is 0.494 e. The molecule has 0 aliphatic heterocycles. The van der Waals surface area contributed by atoms with Gasteiger partial charge >= 0.3 is 0 Å². The Labute approximate surface area is 157 Å². The maximum absolute atomic E-state index is 5.47. The van der Waals surface area contributed by atoms with Crippen molar-refractivity contribution in [3.8, 4) is 17.1 Å². The molecule has 0 radical (unpaired) electrons. The molecule has 136 valence electrons. The van der Waals surface area contributed by atoms with Crippen LogP contribution in [0.15, 0.2) is 60.9 Å². The Kier molecular flexibility index (Phi) is 4.70. The van der Waals surface area contributed by atoms with Crippen LogP contribution < -0.4 is 10.1 Å². The van der Waals surface area contributed by atoms with E-state index >= 15 is 0 Å². The smallest absolute Gasteiger partial charge is 0.223 e. The molecule has 0 unspecified atom stereocenters. The van der Waals surface area contributed by atoms with Crippen molar-refractivity contribution in [3.05, 3.63) is 72.2 Å². The lowest BCUT2D eigenvalue weighted by molar-refractivity contribution is 0.340. The quantitative estimate of drug-likeness (QED) is 0.561. The summed E-state index contributed by atoms with van der Waals surface area (Å²) in [4.78, 5) is 13.6. The number of pyridine rings is 1. The topological polar surface area (TPSA) is 64.3 Å². The molecule has 3 aromatic heterocycles. The summed E-state index contributed by atoms with van der Waals surface area (Å²) in [7, 11) is 0. The molecule has 3 heterocycles. The second kappa shape index (κ2) is 7.45. The van der Waals surface area contributed by atoms with Crippen molar-refractivity contribution in [2.24, 2.45) is 0 Å². The second-order valence-corrected chi connectivity index (χ2v) is 6.17. The van der Waals surface area contributed by atoms with Crippen molar-refractivity contribution in [3.63, 3.8) is 0 Å². The fourth-order valence-corrected chi connectivity index (χ4v) is 3.05. The highest BCUT2D eigenvalue weighted by atomic mass is 16.5. The number of ether oxygens (including phenoxy) is 1. The van der Waals surface area contributed by atoms with Crippen LogP contribution in [0, 0.1) is 6.92 Å². The summed E-state index contributed by atoms with van der Waals surface area (Å²) >= 11 is 0. The highest BCUT2D eigenvalue weighted by Crippen LogP contribution is 2.23. The van der Waals surface area contributed by atoms with Crippen LogP contribution in [0.2, 0.25) is 0 Å². The molecule has 6 nitrogen and oxygen atoms in total. The van der Waals surface area contributed by atoms with Crippen molar-refractivity contribution in [2.75, 3.05) is 11.9 Å². The van der Waals surface area contributed by atoms with Gasteiger partial charge in [0.25, 0.3) is 0 Å². The second-order valence-electron chi connectivity index (χ2n) is 6.17. The van der Waals surface area contributed by atoms with Crippen molar-refractivity contribution in [1.29, 1.82) is 0 Å². The minimum absolute atomic E-state index is 0.590. The van der Waals surface area contributed by atoms with Gasteiger partial charge in [-0.3, -0.25) is 4.40 Å². The highest BCUT2D eigenvalue weighted by Gasteiger charge is 2.12. The predicted molar refractivity (Wildman–Crippen MR) is 106 cm³/mol. The number of nitrogens with one attached hydrogen (secondary N) is 1. The Morgan fingerprint density at radius 3 is 2.70 bits per heavy atom. The third-order valence-electron chi connectivity index (χ3n) is 4.29. The molecule has 0 atom stereocenters. The van der Waals surface area contributed by atoms with Crippen molar-refractivity contribution >= 4 is 11.6 Å². The van der Waals surface area contributed by atoms with Crippen molar-refractivity contribution in [2.45, 2.75) is 20.4 Å². The third kappa shape index (κ3) is 3.60. The Bertz CT molecular complexity index is 1060. The van der Waals surface area contributed by atoms with Gasteiger partial charge < -0.3 is 10.1 Å². The van der Waals surface area contributed by atoms with Crippen LogP contribution in [-0.4, -0.2) is 26.0 Å². The van der Waals surface area contributed by atoms with Gasteiger partial charge in [-0.25, -0.2) is 15.0 Å². The summed E-state index contributed by atoms with van der Waals surface area (Å²) in [5.74, 6) is 1.47. The van der Waals surface area contributed by atoms with Gasteiger partial charge in [-0.15, -0.1) is 0 Å². The fourth-order valence-electron chi connectivity index (χ4n) is 3.05. The number of benzene rings is 1. The lowest BCUT2D eigenvalue weighted by Crippen LogP contribution is -2.04. The van der Waals surface area contributed by atoms with Crippen molar-refractivity contribution < 1.29 is 4.74 Å². The van der Waals surface area contributed by atoms with Gasteiger partial charge in [0.15, 0.2) is 0 Å². The first-order valence-electron chi connectivity index (χ1n) is 8.97. The number of anilines is 1. The average molecular weight is 359 g/mol. The molecule has 0 saturated heterocycles. The zero-order valence-corrected chi connectivity index (χ0v) is 15.4. The van der Waals surface area contributed by atoms with Crippen LogP contribution in [0.3, 0.4) is 0 Å². The van der Waals surface area contributed by atoms with Gasteiger partial charge in [0.2, 0.25) is 5.95 Å². The Hall–Kier alpha value is -3.41. The normalized spacial score (nSPS) is 10.9. The van der Waals surface area contributed by atoms with E-state index in [1.54, 1.807) is 6.20 Å². The van der Waals surface area contributed by atoms with E-state index in [1.165, 1.54) is 0 Å². The first-order chi connectivity index (χ1) is 13.2. The Morgan fingerprint density at radius 2 is 1.89 bits per heavy atom. The minimum atomic E-state index is 0.590. The van der Waals surface area contributed by atoms with E-state index in [0.29, 0.717) is 19.1 Å². The summed E-state index contributed by atoms with van der Waals surface area (Å²) in [6.45, 7) is 5.28. The van der Waals surface area contributed by atoms with Gasteiger partial charge in [0.05, 0.1) is 23.7 Å². The molecule has 0 aliphatic carbocycles. The number of aromatic nitrogens is 4. The highest BCUT2D eigenvalue weighted by molar-refractivity contribution is 5.64. The number of fused-ring (bicyclic) bond motifs is 1. The maximum atomic E-state index is 5.47. The monoisotopic (exact) mass is 359 g/mol. The van der Waals surface area contributed by atoms with Gasteiger partial charge in [-0.1, -0.05) is 18.2 Å². The number of nitrogens with zero attached hydrogens (tertiary/aromatic N) is 4. The summed E-state index contributed by atoms with van der Waals surface area (Å²) in [5, 5.41) is 3.29. The number of hydrogen-bond acceptors (Lipinski definition) is 5. The molecule has 0 saturated carbocycles. The van der Waals surface area contributed by atoms with Crippen LogP contribution >= 0.6 is 0 Å². The van der Waals surface area contributed by atoms with E-state index < -0.39 is 0 Å². The molecule has 4 rings (SSSR count). The summed E-state index contributed by atoms with van der Waals surface area (Å²) in [5.41, 5.74) is 4.82. The van der Waals surface area contributed by atoms with Gasteiger partial charge in [-0.05, 0) is 49.7 Å². The molecule has 4 aromatic rings. The number of imidazole rings is 1. The molecule has 6 heteroatoms. The standard InChI is InChI=1S/C21H21N5O/c1-3-27-17-9-7-16(8-10-17)14-23-21-22-12-11-18(25-21)20-15(2)24-19-6-4-5-13-26(19)20/h4-13H,3,14H2,1-2H3,(H,22,23,25). The summed E-state index contributed by atoms with van der Waals surface area (Å²) in [6.07, 6.45) is 3.77. The van der Waals surface area contributed by atoms with E-state index in [-0.39, 0.29) is 0 Å². The SMILES string of the molecule is CCOc1ccc(CNc2nccc(-c3c(C)nc4ccccn34)n2)cc1. The van der Waals surface area contributed by atoms with Crippen LogP contribution in [0.4, 0.5) is 5.95 Å². The number of rotatable bonds is 6. The average Bonchev–Trinajstić information content (AvgIpc) is 3.03. The van der Waals surface area contributed by atoms with E-state index in [9.17, 15) is 0 Å². The molecular formula is C21H21N5O. The summed E-state index contributed by atoms with van der Waals surface area (Å²) in [6, 6.07) is 15.9. The van der Waals surface area contributed by atoms with Gasteiger partial charge in [0, 0.05) is 18.9 Å². The van der Waals surface area contributed by atoms with Crippen molar-refractivity contribution in [1.82, 2.24) is 19.4 Å². The molecule has 0 bridgehead atoms. The lowest BCUT2D eigenvalue weighted by atomic mass is 10.2. The zero-order chi connectivity index (χ0) is 18.6. The molecular weight excluding hydrogens is 338 g/mol. The molecule has 0 amide bonds. The van der Waals surface area contributed by atoms with Crippen LogP contribution in [0.1, 0.15) is 18.2 Å². The number of aryl methyl sites for hydroxylation is 1. The lowest BCUT2D eigenvalue weighted by Gasteiger charge is -2.08. The van der Waals surface area contributed by atoms with E-state index in [2.05, 4.69) is 20.3 Å². The summed E-state index contributed by atoms with van der Waals surface area (Å²) < 4.78 is 7.52. The number of hydrogen-bond donors (Lipinski definition) is 1. The molecule has 0 spiro atoms. The third-order valence-corrected chi connectivity index (χ3v) is 4.29. The molecule has 0 fully saturated rings. The predicted octanol–water partition coefficient (Wildman–Crippen LogP) is 4.11. The van der Waals surface area contributed by atoms with E-state index in [1.807, 2.05) is 73.0 Å². The Morgan fingerprint density at radius 1 is 1.04 bits per heavy atom.